The van der Waals surface area contributed by atoms with Gasteiger partial charge in [-0.05, 0) is 36.8 Å². The van der Waals surface area contributed by atoms with Crippen molar-refractivity contribution < 1.29 is 9.59 Å². The van der Waals surface area contributed by atoms with E-state index < -0.39 is 0 Å². The van der Waals surface area contributed by atoms with Crippen LogP contribution in [0.1, 0.15) is 21.5 Å². The Hall–Kier alpha value is -2.33. The third kappa shape index (κ3) is 4.90. The predicted octanol–water partition coefficient (Wildman–Crippen LogP) is 2.69. The predicted molar refractivity (Wildman–Crippen MR) is 86.8 cm³/mol. The number of hydrogen-bond acceptors (Lipinski definition) is 2. The third-order valence-corrected chi connectivity index (χ3v) is 3.34. The highest BCUT2D eigenvalue weighted by Gasteiger charge is 2.07. The number of aryl methyl sites for hydroxylation is 1. The number of benzene rings is 2. The fraction of sp³-hybridized carbons (Fsp3) is 0.176. The van der Waals surface area contributed by atoms with E-state index in [4.69, 9.17) is 11.6 Å². The Morgan fingerprint density at radius 3 is 2.45 bits per heavy atom. The van der Waals surface area contributed by atoms with Crippen LogP contribution in [0.3, 0.4) is 0 Å². The summed E-state index contributed by atoms with van der Waals surface area (Å²) in [5.41, 5.74) is 2.64. The molecular formula is C17H17ClN2O2. The monoisotopic (exact) mass is 316 g/mol. The molecule has 22 heavy (non-hydrogen) atoms. The SMILES string of the molecule is Cc1cccc(CNC(=O)CNC(=O)c2ccc(Cl)cc2)c1. The van der Waals surface area contributed by atoms with Crippen molar-refractivity contribution in [2.24, 2.45) is 0 Å². The van der Waals surface area contributed by atoms with Gasteiger partial charge in [0, 0.05) is 17.1 Å². The Kier molecular flexibility index (Phi) is 5.55. The van der Waals surface area contributed by atoms with Gasteiger partial charge in [0.25, 0.3) is 5.91 Å². The van der Waals surface area contributed by atoms with Gasteiger partial charge in [-0.1, -0.05) is 41.4 Å². The fourth-order valence-corrected chi connectivity index (χ4v) is 2.08. The van der Waals surface area contributed by atoms with E-state index in [1.54, 1.807) is 24.3 Å². The van der Waals surface area contributed by atoms with Crippen molar-refractivity contribution in [3.8, 4) is 0 Å². The zero-order chi connectivity index (χ0) is 15.9. The Balaban J connectivity index is 1.78. The van der Waals surface area contributed by atoms with Gasteiger partial charge < -0.3 is 10.6 Å². The summed E-state index contributed by atoms with van der Waals surface area (Å²) in [6.45, 7) is 2.38. The molecule has 0 aliphatic rings. The Morgan fingerprint density at radius 2 is 1.77 bits per heavy atom. The van der Waals surface area contributed by atoms with E-state index in [9.17, 15) is 9.59 Å². The minimum Gasteiger partial charge on any atom is -0.350 e. The first-order chi connectivity index (χ1) is 10.5. The largest absolute Gasteiger partial charge is 0.350 e. The molecule has 2 amide bonds. The summed E-state index contributed by atoms with van der Waals surface area (Å²) in [5, 5.41) is 5.90. The second-order valence-corrected chi connectivity index (χ2v) is 5.39. The molecule has 0 unspecified atom stereocenters. The average molecular weight is 317 g/mol. The molecule has 0 aliphatic heterocycles. The minimum atomic E-state index is -0.303. The molecule has 0 saturated heterocycles. The van der Waals surface area contributed by atoms with Crippen molar-refractivity contribution in [2.45, 2.75) is 13.5 Å². The van der Waals surface area contributed by atoms with Crippen LogP contribution in [0.2, 0.25) is 5.02 Å². The van der Waals surface area contributed by atoms with Gasteiger partial charge in [-0.2, -0.15) is 0 Å². The van der Waals surface area contributed by atoms with E-state index in [2.05, 4.69) is 10.6 Å². The summed E-state index contributed by atoms with van der Waals surface area (Å²) < 4.78 is 0. The van der Waals surface area contributed by atoms with Gasteiger partial charge in [-0.15, -0.1) is 0 Å². The highest BCUT2D eigenvalue weighted by atomic mass is 35.5. The van der Waals surface area contributed by atoms with Crippen molar-refractivity contribution in [3.63, 3.8) is 0 Å². The van der Waals surface area contributed by atoms with E-state index in [1.807, 2.05) is 31.2 Å². The zero-order valence-corrected chi connectivity index (χ0v) is 13.0. The number of carbonyl (C=O) groups is 2. The van der Waals surface area contributed by atoms with Gasteiger partial charge in [-0.25, -0.2) is 0 Å². The first kappa shape index (κ1) is 16.0. The number of hydrogen-bond donors (Lipinski definition) is 2. The molecule has 0 aromatic heterocycles. The van der Waals surface area contributed by atoms with Gasteiger partial charge in [0.15, 0.2) is 0 Å². The molecule has 2 aromatic carbocycles. The molecule has 0 bridgehead atoms. The maximum Gasteiger partial charge on any atom is 0.251 e. The lowest BCUT2D eigenvalue weighted by Crippen LogP contribution is -2.36. The molecule has 0 radical (unpaired) electrons. The van der Waals surface area contributed by atoms with Gasteiger partial charge in [0.2, 0.25) is 5.91 Å². The van der Waals surface area contributed by atoms with E-state index in [0.717, 1.165) is 11.1 Å². The summed E-state index contributed by atoms with van der Waals surface area (Å²) in [6.07, 6.45) is 0. The molecule has 2 rings (SSSR count). The minimum absolute atomic E-state index is 0.0622. The van der Waals surface area contributed by atoms with E-state index >= 15 is 0 Å². The highest BCUT2D eigenvalue weighted by Crippen LogP contribution is 2.09. The molecule has 5 heteroatoms. The summed E-state index contributed by atoms with van der Waals surface area (Å²) in [4.78, 5) is 23.6. The molecule has 2 N–H and O–H groups in total. The molecule has 0 heterocycles. The van der Waals surface area contributed by atoms with Crippen molar-refractivity contribution >= 4 is 23.4 Å². The lowest BCUT2D eigenvalue weighted by atomic mass is 10.1. The third-order valence-electron chi connectivity index (χ3n) is 3.09. The molecule has 114 valence electrons. The van der Waals surface area contributed by atoms with E-state index in [-0.39, 0.29) is 18.4 Å². The van der Waals surface area contributed by atoms with Crippen molar-refractivity contribution in [3.05, 3.63) is 70.2 Å². The second-order valence-electron chi connectivity index (χ2n) is 4.96. The Bertz CT molecular complexity index is 669. The summed E-state index contributed by atoms with van der Waals surface area (Å²) in [6, 6.07) is 14.4. The maximum absolute atomic E-state index is 11.8. The van der Waals surface area contributed by atoms with Gasteiger partial charge in [0.05, 0.1) is 6.54 Å². The topological polar surface area (TPSA) is 58.2 Å². The second kappa shape index (κ2) is 7.61. The zero-order valence-electron chi connectivity index (χ0n) is 12.2. The molecule has 0 saturated carbocycles. The highest BCUT2D eigenvalue weighted by molar-refractivity contribution is 6.30. The summed E-state index contributed by atoms with van der Waals surface area (Å²) in [5.74, 6) is -0.536. The van der Waals surface area contributed by atoms with Crippen molar-refractivity contribution in [2.75, 3.05) is 6.54 Å². The Morgan fingerprint density at radius 1 is 1.05 bits per heavy atom. The van der Waals surface area contributed by atoms with Crippen LogP contribution in [-0.2, 0) is 11.3 Å². The van der Waals surface area contributed by atoms with Crippen LogP contribution < -0.4 is 10.6 Å². The molecular weight excluding hydrogens is 300 g/mol. The van der Waals surface area contributed by atoms with Crippen LogP contribution >= 0.6 is 11.6 Å². The van der Waals surface area contributed by atoms with Crippen LogP contribution in [-0.4, -0.2) is 18.4 Å². The first-order valence-corrected chi connectivity index (χ1v) is 7.28. The van der Waals surface area contributed by atoms with E-state index in [0.29, 0.717) is 17.1 Å². The average Bonchev–Trinajstić information content (AvgIpc) is 2.51. The lowest BCUT2D eigenvalue weighted by Gasteiger charge is -2.08. The standard InChI is InChI=1S/C17H17ClN2O2/c1-12-3-2-4-13(9-12)10-19-16(21)11-20-17(22)14-5-7-15(18)8-6-14/h2-9H,10-11H2,1H3,(H,19,21)(H,20,22). The number of amides is 2. The number of rotatable bonds is 5. The van der Waals surface area contributed by atoms with Crippen LogP contribution in [0.5, 0.6) is 0 Å². The lowest BCUT2D eigenvalue weighted by molar-refractivity contribution is -0.120. The number of halogens is 1. The van der Waals surface area contributed by atoms with Gasteiger partial charge in [-0.3, -0.25) is 9.59 Å². The van der Waals surface area contributed by atoms with Crippen LogP contribution in [0.25, 0.3) is 0 Å². The van der Waals surface area contributed by atoms with Crippen molar-refractivity contribution in [1.82, 2.24) is 10.6 Å². The van der Waals surface area contributed by atoms with Crippen LogP contribution in [0, 0.1) is 6.92 Å². The van der Waals surface area contributed by atoms with Gasteiger partial charge in [0.1, 0.15) is 0 Å². The van der Waals surface area contributed by atoms with Crippen molar-refractivity contribution in [1.29, 1.82) is 0 Å². The summed E-state index contributed by atoms with van der Waals surface area (Å²) >= 11 is 5.76. The number of carbonyl (C=O) groups excluding carboxylic acids is 2. The fourth-order valence-electron chi connectivity index (χ4n) is 1.95. The molecule has 2 aromatic rings. The smallest absolute Gasteiger partial charge is 0.251 e. The molecule has 0 spiro atoms. The quantitative estimate of drug-likeness (QED) is 0.891. The van der Waals surface area contributed by atoms with Gasteiger partial charge >= 0.3 is 0 Å². The molecule has 0 atom stereocenters. The normalized spacial score (nSPS) is 10.1. The Labute approximate surface area is 134 Å². The maximum atomic E-state index is 11.8. The molecule has 0 aliphatic carbocycles. The first-order valence-electron chi connectivity index (χ1n) is 6.90. The molecule has 4 nitrogen and oxygen atoms in total. The van der Waals surface area contributed by atoms with Crippen LogP contribution in [0.15, 0.2) is 48.5 Å². The van der Waals surface area contributed by atoms with E-state index in [1.165, 1.54) is 0 Å². The van der Waals surface area contributed by atoms with Crippen LogP contribution in [0.4, 0.5) is 0 Å². The molecule has 0 fully saturated rings. The number of nitrogens with one attached hydrogen (secondary N) is 2. The summed E-state index contributed by atoms with van der Waals surface area (Å²) in [7, 11) is 0.